The second-order valence-corrected chi connectivity index (χ2v) is 9.17. The van der Waals surface area contributed by atoms with Crippen LogP contribution in [0.25, 0.3) is 11.8 Å². The van der Waals surface area contributed by atoms with Gasteiger partial charge >= 0.3 is 6.03 Å². The molecule has 0 unspecified atom stereocenters. The van der Waals surface area contributed by atoms with Crippen molar-refractivity contribution < 1.29 is 19.1 Å². The van der Waals surface area contributed by atoms with E-state index < -0.39 is 17.8 Å². The molecule has 7 nitrogen and oxygen atoms in total. The molecule has 1 aliphatic heterocycles. The maximum atomic E-state index is 13.3. The summed E-state index contributed by atoms with van der Waals surface area (Å²) >= 11 is 0. The Morgan fingerprint density at radius 2 is 1.53 bits per heavy atom. The number of aryl methyl sites for hydroxylation is 2. The van der Waals surface area contributed by atoms with Crippen LogP contribution in [-0.2, 0) is 16.2 Å². The molecule has 0 aliphatic carbocycles. The Bertz CT molecular complexity index is 1570. The molecule has 1 N–H and O–H groups in total. The van der Waals surface area contributed by atoms with Crippen molar-refractivity contribution in [3.63, 3.8) is 0 Å². The highest BCUT2D eigenvalue weighted by Gasteiger charge is 2.37. The zero-order chi connectivity index (χ0) is 26.8. The van der Waals surface area contributed by atoms with Gasteiger partial charge in [0.1, 0.15) is 17.9 Å². The van der Waals surface area contributed by atoms with Crippen molar-refractivity contribution >= 4 is 29.6 Å². The number of ether oxygens (including phenoxy) is 1. The predicted octanol–water partition coefficient (Wildman–Crippen LogP) is 5.65. The third-order valence-corrected chi connectivity index (χ3v) is 6.57. The van der Waals surface area contributed by atoms with E-state index in [4.69, 9.17) is 4.74 Å². The van der Waals surface area contributed by atoms with Crippen molar-refractivity contribution in [2.75, 3.05) is 4.90 Å². The Morgan fingerprint density at radius 1 is 0.842 bits per heavy atom. The first-order chi connectivity index (χ1) is 18.3. The van der Waals surface area contributed by atoms with Crippen molar-refractivity contribution in [2.45, 2.75) is 27.4 Å². The number of carbonyl (C=O) groups excluding carboxylic acids is 3. The van der Waals surface area contributed by atoms with Crippen LogP contribution in [0.4, 0.5) is 10.5 Å². The number of urea groups is 1. The molecule has 38 heavy (non-hydrogen) atoms. The van der Waals surface area contributed by atoms with Gasteiger partial charge in [0, 0.05) is 17.1 Å². The van der Waals surface area contributed by atoms with E-state index in [0.717, 1.165) is 38.9 Å². The summed E-state index contributed by atoms with van der Waals surface area (Å²) in [5.74, 6) is -0.611. The molecule has 4 aromatic rings. The van der Waals surface area contributed by atoms with E-state index in [-0.39, 0.29) is 5.57 Å². The minimum atomic E-state index is -0.758. The Morgan fingerprint density at radius 3 is 2.24 bits per heavy atom. The molecule has 7 heteroatoms. The SMILES string of the molecule is Cc1ccccc1N1C(=O)NC(=O)/C(=C\c2cc(C)n(-c3ccc(OCc4ccccc4)cc3)c2C)C1=O. The number of imide groups is 2. The molecule has 0 atom stereocenters. The van der Waals surface area contributed by atoms with Crippen LogP contribution in [0.1, 0.15) is 28.1 Å². The first-order valence-corrected chi connectivity index (χ1v) is 12.3. The number of barbiturate groups is 1. The standard InChI is InChI=1S/C31H27N3O4/c1-20-9-7-8-12-28(20)34-30(36)27(29(35)32-31(34)37)18-24-17-21(2)33(22(24)3)25-13-15-26(16-14-25)38-19-23-10-5-4-6-11-23/h4-18H,19H2,1-3H3,(H,32,35,37)/b27-18+. The number of nitrogens with zero attached hydrogens (tertiary/aromatic N) is 2. The number of aromatic nitrogens is 1. The highest BCUT2D eigenvalue weighted by Crippen LogP contribution is 2.28. The zero-order valence-corrected chi connectivity index (χ0v) is 21.4. The molecule has 3 aromatic carbocycles. The van der Waals surface area contributed by atoms with Crippen LogP contribution in [0.3, 0.4) is 0 Å². The summed E-state index contributed by atoms with van der Waals surface area (Å²) < 4.78 is 7.95. The lowest BCUT2D eigenvalue weighted by Crippen LogP contribution is -2.54. The van der Waals surface area contributed by atoms with E-state index in [1.54, 1.807) is 31.2 Å². The Labute approximate surface area is 221 Å². The minimum Gasteiger partial charge on any atom is -0.489 e. The summed E-state index contributed by atoms with van der Waals surface area (Å²) in [4.78, 5) is 39.6. The smallest absolute Gasteiger partial charge is 0.335 e. The molecule has 1 saturated heterocycles. The Kier molecular flexibility index (Phi) is 6.66. The minimum absolute atomic E-state index is 0.0993. The van der Waals surface area contributed by atoms with Crippen molar-refractivity contribution in [3.05, 3.63) is 119 Å². The fourth-order valence-corrected chi connectivity index (χ4v) is 4.61. The van der Waals surface area contributed by atoms with Crippen LogP contribution in [0.15, 0.2) is 90.5 Å². The lowest BCUT2D eigenvalue weighted by molar-refractivity contribution is -0.122. The fourth-order valence-electron chi connectivity index (χ4n) is 4.61. The van der Waals surface area contributed by atoms with Crippen molar-refractivity contribution in [1.29, 1.82) is 0 Å². The summed E-state index contributed by atoms with van der Waals surface area (Å²) in [7, 11) is 0. The molecule has 1 aliphatic rings. The molecule has 190 valence electrons. The number of hydrogen-bond donors (Lipinski definition) is 1. The molecule has 5 rings (SSSR count). The number of para-hydroxylation sites is 1. The van der Waals surface area contributed by atoms with Crippen molar-refractivity contribution in [3.8, 4) is 11.4 Å². The largest absolute Gasteiger partial charge is 0.489 e. The Balaban J connectivity index is 1.41. The number of anilines is 1. The highest BCUT2D eigenvalue weighted by atomic mass is 16.5. The average molecular weight is 506 g/mol. The highest BCUT2D eigenvalue weighted by molar-refractivity contribution is 6.39. The molecule has 0 bridgehead atoms. The summed E-state index contributed by atoms with van der Waals surface area (Å²) in [6.07, 6.45) is 1.55. The van der Waals surface area contributed by atoms with Gasteiger partial charge in [-0.1, -0.05) is 48.5 Å². The molecular formula is C31H27N3O4. The molecule has 0 radical (unpaired) electrons. The van der Waals surface area contributed by atoms with E-state index in [2.05, 4.69) is 5.32 Å². The lowest BCUT2D eigenvalue weighted by atomic mass is 10.1. The van der Waals surface area contributed by atoms with Crippen LogP contribution < -0.4 is 15.0 Å². The fraction of sp³-hybridized carbons (Fsp3) is 0.129. The number of carbonyl (C=O) groups is 3. The second-order valence-electron chi connectivity index (χ2n) is 9.17. The van der Waals surface area contributed by atoms with Crippen molar-refractivity contribution in [1.82, 2.24) is 9.88 Å². The predicted molar refractivity (Wildman–Crippen MR) is 146 cm³/mol. The lowest BCUT2D eigenvalue weighted by Gasteiger charge is -2.27. The maximum absolute atomic E-state index is 13.3. The van der Waals surface area contributed by atoms with Gasteiger partial charge in [-0.05, 0) is 79.9 Å². The van der Waals surface area contributed by atoms with Gasteiger partial charge in [0.2, 0.25) is 0 Å². The monoisotopic (exact) mass is 505 g/mol. The molecule has 4 amide bonds. The number of rotatable bonds is 6. The first kappa shape index (κ1) is 24.8. The second kappa shape index (κ2) is 10.2. The van der Waals surface area contributed by atoms with Crippen LogP contribution in [0.5, 0.6) is 5.75 Å². The first-order valence-electron chi connectivity index (χ1n) is 12.3. The number of amides is 4. The van der Waals surface area contributed by atoms with Gasteiger partial charge in [-0.25, -0.2) is 9.69 Å². The van der Waals surface area contributed by atoms with Gasteiger partial charge in [0.15, 0.2) is 0 Å². The molecule has 0 spiro atoms. The van der Waals surface area contributed by atoms with Crippen LogP contribution in [0.2, 0.25) is 0 Å². The van der Waals surface area contributed by atoms with E-state index in [9.17, 15) is 14.4 Å². The topological polar surface area (TPSA) is 80.6 Å². The number of nitrogens with one attached hydrogen (secondary N) is 1. The third kappa shape index (κ3) is 4.74. The maximum Gasteiger partial charge on any atom is 0.335 e. The number of benzene rings is 3. The summed E-state index contributed by atoms with van der Waals surface area (Å²) in [5.41, 5.74) is 5.61. The van der Waals surface area contributed by atoms with Gasteiger partial charge < -0.3 is 9.30 Å². The average Bonchev–Trinajstić information content (AvgIpc) is 3.19. The van der Waals surface area contributed by atoms with Gasteiger partial charge in [-0.3, -0.25) is 14.9 Å². The van der Waals surface area contributed by atoms with Crippen LogP contribution in [0, 0.1) is 20.8 Å². The Hall–Kier alpha value is -4.91. The van der Waals surface area contributed by atoms with Crippen LogP contribution >= 0.6 is 0 Å². The normalized spacial score (nSPS) is 14.7. The molecule has 2 heterocycles. The third-order valence-electron chi connectivity index (χ3n) is 6.57. The molecule has 1 fully saturated rings. The van der Waals surface area contributed by atoms with Gasteiger partial charge in [0.05, 0.1) is 5.69 Å². The molecule has 0 saturated carbocycles. The van der Waals surface area contributed by atoms with E-state index in [0.29, 0.717) is 17.9 Å². The van der Waals surface area contributed by atoms with Gasteiger partial charge in [-0.15, -0.1) is 0 Å². The summed E-state index contributed by atoms with van der Waals surface area (Å²) in [5, 5.41) is 2.30. The van der Waals surface area contributed by atoms with Gasteiger partial charge in [0.25, 0.3) is 11.8 Å². The molecule has 1 aromatic heterocycles. The van der Waals surface area contributed by atoms with E-state index in [1.165, 1.54) is 0 Å². The van der Waals surface area contributed by atoms with Crippen molar-refractivity contribution in [2.24, 2.45) is 0 Å². The molecular weight excluding hydrogens is 478 g/mol. The van der Waals surface area contributed by atoms with Gasteiger partial charge in [-0.2, -0.15) is 0 Å². The summed E-state index contributed by atoms with van der Waals surface area (Å²) in [6.45, 7) is 6.17. The number of hydrogen-bond acceptors (Lipinski definition) is 4. The zero-order valence-electron chi connectivity index (χ0n) is 21.4. The van der Waals surface area contributed by atoms with E-state index >= 15 is 0 Å². The quantitative estimate of drug-likeness (QED) is 0.271. The summed E-state index contributed by atoms with van der Waals surface area (Å²) in [6, 6.07) is 25.9. The van der Waals surface area contributed by atoms with E-state index in [1.807, 2.05) is 85.1 Å². The van der Waals surface area contributed by atoms with Crippen LogP contribution in [-0.4, -0.2) is 22.4 Å².